The zero-order chi connectivity index (χ0) is 38.7. The van der Waals surface area contributed by atoms with Gasteiger partial charge in [0.25, 0.3) is 0 Å². The average Bonchev–Trinajstić information content (AvgIpc) is 3.84. The lowest BCUT2D eigenvalue weighted by Gasteiger charge is -2.23. The number of nitrogens with zero attached hydrogens (tertiary/aromatic N) is 5. The van der Waals surface area contributed by atoms with Crippen LogP contribution in [0.2, 0.25) is 0 Å². The van der Waals surface area contributed by atoms with Gasteiger partial charge in [-0.25, -0.2) is 22.3 Å². The Morgan fingerprint density at radius 1 is 0.981 bits per heavy atom. The van der Waals surface area contributed by atoms with Crippen LogP contribution < -0.4 is 14.8 Å². The van der Waals surface area contributed by atoms with Gasteiger partial charge in [-0.2, -0.15) is 14.1 Å². The van der Waals surface area contributed by atoms with E-state index in [-0.39, 0.29) is 46.7 Å². The minimum Gasteiger partial charge on any atom is -0.497 e. The van der Waals surface area contributed by atoms with E-state index >= 15 is 4.39 Å². The molecule has 1 N–H and O–H groups in total. The van der Waals surface area contributed by atoms with Gasteiger partial charge in [0.15, 0.2) is 5.82 Å². The molecule has 2 atom stereocenters. The molecule has 12 nitrogen and oxygen atoms in total. The van der Waals surface area contributed by atoms with E-state index in [1.54, 1.807) is 37.6 Å². The Balaban J connectivity index is 1.20. The van der Waals surface area contributed by atoms with Crippen molar-refractivity contribution in [3.63, 3.8) is 0 Å². The predicted molar refractivity (Wildman–Crippen MR) is 200 cm³/mol. The van der Waals surface area contributed by atoms with Crippen molar-refractivity contribution in [1.29, 1.82) is 0 Å². The number of anilines is 2. The molecule has 2 aromatic heterocycles. The number of benzene rings is 2. The second kappa shape index (κ2) is 13.8. The number of aromatic nitrogens is 4. The monoisotopic (exact) mass is 750 g/mol. The number of rotatable bonds is 8. The topological polar surface area (TPSA) is 130 Å². The number of fused-ring (bicyclic) bond motifs is 1. The molecule has 0 amide bonds. The summed E-state index contributed by atoms with van der Waals surface area (Å²) in [7, 11) is -2.32. The number of halogens is 1. The van der Waals surface area contributed by atoms with E-state index in [1.165, 1.54) is 21.1 Å². The van der Waals surface area contributed by atoms with Gasteiger partial charge in [0.2, 0.25) is 15.9 Å². The molecule has 0 bridgehead atoms. The molecule has 53 heavy (non-hydrogen) atoms. The van der Waals surface area contributed by atoms with E-state index in [2.05, 4.69) is 10.4 Å². The SMILES string of the molecule is COc1ccc(CN2Cc3c(ccc(Nc4cc(C5CCC(Oc6nn(C(=O)OC(C)(C)C)cc6C(C)(C)C)C5)nn4C(C)(C)C)c3F)S2(=O)=O)cc1. The number of sulfonamides is 1. The molecule has 0 saturated heterocycles. The standard InChI is InChI=1S/C39H51FN6O6S/c1-37(2,3)29-23-45(36(47)52-39(7,8)9)43-35(29)51-27-16-13-25(19-27)31-20-33(46(42-31)38(4,5)6)41-30-17-18-32-28(34(30)40)22-44(53(32,48)49)21-24-11-14-26(50-10)15-12-24/h11-12,14-15,17-18,20,23,25,27,41H,13,16,19,21-22H2,1-10H3. The Morgan fingerprint density at radius 2 is 1.68 bits per heavy atom. The van der Waals surface area contributed by atoms with Gasteiger partial charge in [-0.3, -0.25) is 0 Å². The Morgan fingerprint density at radius 3 is 2.30 bits per heavy atom. The fourth-order valence-corrected chi connectivity index (χ4v) is 8.34. The fraction of sp³-hybridized carbons (Fsp3) is 0.513. The molecule has 4 aromatic rings. The number of nitrogens with one attached hydrogen (secondary N) is 1. The number of methoxy groups -OCH3 is 1. The first-order chi connectivity index (χ1) is 24.6. The van der Waals surface area contributed by atoms with Crippen LogP contribution in [-0.2, 0) is 38.8 Å². The van der Waals surface area contributed by atoms with Gasteiger partial charge < -0.3 is 19.5 Å². The molecule has 2 aliphatic rings. The average molecular weight is 751 g/mol. The molecule has 1 aliphatic carbocycles. The Hall–Kier alpha value is -4.43. The molecule has 14 heteroatoms. The molecular weight excluding hydrogens is 700 g/mol. The predicted octanol–water partition coefficient (Wildman–Crippen LogP) is 8.23. The summed E-state index contributed by atoms with van der Waals surface area (Å²) in [5, 5.41) is 12.7. The third kappa shape index (κ3) is 8.08. The quantitative estimate of drug-likeness (QED) is 0.189. The Labute approximate surface area is 311 Å². The van der Waals surface area contributed by atoms with Crippen LogP contribution in [0, 0.1) is 5.82 Å². The van der Waals surface area contributed by atoms with E-state index in [9.17, 15) is 13.2 Å². The summed E-state index contributed by atoms with van der Waals surface area (Å²) >= 11 is 0. The van der Waals surface area contributed by atoms with Crippen molar-refractivity contribution in [3.8, 4) is 11.6 Å². The highest BCUT2D eigenvalue weighted by Gasteiger charge is 2.38. The third-order valence-corrected chi connectivity index (χ3v) is 11.3. The van der Waals surface area contributed by atoms with Crippen molar-refractivity contribution in [2.24, 2.45) is 0 Å². The van der Waals surface area contributed by atoms with E-state index in [0.717, 1.165) is 29.7 Å². The van der Waals surface area contributed by atoms with Gasteiger partial charge in [-0.05, 0) is 96.0 Å². The van der Waals surface area contributed by atoms with Gasteiger partial charge in [0.05, 0.1) is 28.9 Å². The molecule has 0 spiro atoms. The van der Waals surface area contributed by atoms with Crippen LogP contribution in [0.4, 0.5) is 20.7 Å². The normalized spacial score (nSPS) is 18.9. The van der Waals surface area contributed by atoms with Crippen LogP contribution in [0.15, 0.2) is 53.6 Å². The highest BCUT2D eigenvalue weighted by molar-refractivity contribution is 7.89. The summed E-state index contributed by atoms with van der Waals surface area (Å²) in [6, 6.07) is 12.0. The summed E-state index contributed by atoms with van der Waals surface area (Å²) in [4.78, 5) is 12.8. The van der Waals surface area contributed by atoms with Crippen LogP contribution in [0.25, 0.3) is 0 Å². The van der Waals surface area contributed by atoms with E-state index < -0.39 is 33.1 Å². The van der Waals surface area contributed by atoms with Crippen molar-refractivity contribution in [3.05, 3.63) is 76.9 Å². The number of carbonyl (C=O) groups is 1. The Kier molecular flexibility index (Phi) is 9.95. The molecule has 2 aromatic carbocycles. The van der Waals surface area contributed by atoms with Crippen molar-refractivity contribution in [2.45, 2.75) is 128 Å². The van der Waals surface area contributed by atoms with Crippen LogP contribution in [0.1, 0.15) is 110 Å². The number of hydrogen-bond donors (Lipinski definition) is 1. The zero-order valence-corrected chi connectivity index (χ0v) is 33.1. The first-order valence-corrected chi connectivity index (χ1v) is 19.4. The van der Waals surface area contributed by atoms with Crippen LogP contribution in [0.3, 0.4) is 0 Å². The summed E-state index contributed by atoms with van der Waals surface area (Å²) in [5.74, 6) is 1.13. The summed E-state index contributed by atoms with van der Waals surface area (Å²) in [6.07, 6.45) is 3.22. The van der Waals surface area contributed by atoms with Crippen LogP contribution >= 0.6 is 0 Å². The van der Waals surface area contributed by atoms with Gasteiger partial charge in [0.1, 0.15) is 23.3 Å². The van der Waals surface area contributed by atoms with Crippen LogP contribution in [-0.4, -0.2) is 57.2 Å². The molecule has 6 rings (SSSR count). The summed E-state index contributed by atoms with van der Waals surface area (Å²) in [5.41, 5.74) is 1.29. The number of ether oxygens (including phenoxy) is 3. The van der Waals surface area contributed by atoms with Crippen molar-refractivity contribution in [1.82, 2.24) is 23.9 Å². The second-order valence-corrected chi connectivity index (χ2v) is 18.9. The summed E-state index contributed by atoms with van der Waals surface area (Å²) in [6.45, 7) is 17.7. The molecule has 286 valence electrons. The van der Waals surface area contributed by atoms with E-state index in [0.29, 0.717) is 23.9 Å². The molecule has 1 aliphatic heterocycles. The lowest BCUT2D eigenvalue weighted by Crippen LogP contribution is -2.27. The molecule has 3 heterocycles. The molecule has 1 fully saturated rings. The smallest absolute Gasteiger partial charge is 0.435 e. The van der Waals surface area contributed by atoms with Gasteiger partial charge in [-0.1, -0.05) is 32.9 Å². The first kappa shape index (κ1) is 38.3. The molecule has 1 saturated carbocycles. The minimum atomic E-state index is -3.88. The maximum absolute atomic E-state index is 16.2. The van der Waals surface area contributed by atoms with E-state index in [4.69, 9.17) is 19.3 Å². The van der Waals surface area contributed by atoms with Gasteiger partial charge in [-0.15, -0.1) is 5.10 Å². The first-order valence-electron chi connectivity index (χ1n) is 18.0. The third-order valence-electron chi connectivity index (χ3n) is 9.45. The number of carbonyl (C=O) groups excluding carboxylic acids is 1. The Bertz CT molecular complexity index is 2110. The second-order valence-electron chi connectivity index (χ2n) is 17.0. The lowest BCUT2D eigenvalue weighted by molar-refractivity contribution is 0.0510. The minimum absolute atomic E-state index is 0.0263. The molecule has 2 unspecified atom stereocenters. The maximum Gasteiger partial charge on any atom is 0.435 e. The maximum atomic E-state index is 16.2. The highest BCUT2D eigenvalue weighted by atomic mass is 32.2. The van der Waals surface area contributed by atoms with Crippen LogP contribution in [0.5, 0.6) is 11.6 Å². The molecular formula is C39H51FN6O6S. The van der Waals surface area contributed by atoms with Gasteiger partial charge in [0, 0.05) is 42.4 Å². The fourth-order valence-electron chi connectivity index (χ4n) is 6.74. The highest BCUT2D eigenvalue weighted by Crippen LogP contribution is 2.41. The molecule has 0 radical (unpaired) electrons. The number of hydrogen-bond acceptors (Lipinski definition) is 9. The van der Waals surface area contributed by atoms with E-state index in [1.807, 2.05) is 73.1 Å². The largest absolute Gasteiger partial charge is 0.497 e. The summed E-state index contributed by atoms with van der Waals surface area (Å²) < 4.78 is 64.6. The van der Waals surface area contributed by atoms with Crippen molar-refractivity contribution >= 4 is 27.6 Å². The lowest BCUT2D eigenvalue weighted by atomic mass is 9.89. The van der Waals surface area contributed by atoms with Crippen molar-refractivity contribution < 1.29 is 31.8 Å². The van der Waals surface area contributed by atoms with Gasteiger partial charge >= 0.3 is 6.09 Å². The van der Waals surface area contributed by atoms with Crippen molar-refractivity contribution in [2.75, 3.05) is 12.4 Å². The zero-order valence-electron chi connectivity index (χ0n) is 32.3.